The summed E-state index contributed by atoms with van der Waals surface area (Å²) in [5.74, 6) is 0. The zero-order chi connectivity index (χ0) is 16.0. The van der Waals surface area contributed by atoms with E-state index < -0.39 is 10.0 Å². The molecule has 0 heterocycles. The number of nitrogen functional groups attached to an aromatic ring is 1. The highest BCUT2D eigenvalue weighted by Gasteiger charge is 2.21. The van der Waals surface area contributed by atoms with Crippen molar-refractivity contribution in [1.29, 1.82) is 0 Å². The zero-order valence-corrected chi connectivity index (χ0v) is 15.9. The normalized spacial score (nSPS) is 12.0. The molecule has 9 heteroatoms. The predicted octanol–water partition coefficient (Wildman–Crippen LogP) is 1.65. The van der Waals surface area contributed by atoms with Gasteiger partial charge >= 0.3 is 0 Å². The quantitative estimate of drug-likeness (QED) is 0.595. The third-order valence-electron chi connectivity index (χ3n) is 2.75. The van der Waals surface area contributed by atoms with Crippen LogP contribution in [-0.4, -0.2) is 53.7 Å². The maximum Gasteiger partial charge on any atom is 0.242 e. The molecular formula is C12H19Br2N3O3S. The Bertz CT molecular complexity index is 558. The molecule has 3 N–H and O–H groups in total. The van der Waals surface area contributed by atoms with Crippen molar-refractivity contribution < 1.29 is 13.2 Å². The Morgan fingerprint density at radius 2 is 1.86 bits per heavy atom. The fourth-order valence-corrected chi connectivity index (χ4v) is 5.27. The van der Waals surface area contributed by atoms with Gasteiger partial charge in [-0.05, 0) is 51.0 Å². The van der Waals surface area contributed by atoms with Crippen molar-refractivity contribution in [2.45, 2.75) is 4.90 Å². The highest BCUT2D eigenvalue weighted by atomic mass is 79.9. The number of nitrogens with two attached hydrogens (primary N) is 1. The minimum absolute atomic E-state index is 0.149. The Labute approximate surface area is 142 Å². The molecule has 0 aliphatic rings. The topological polar surface area (TPSA) is 84.7 Å². The van der Waals surface area contributed by atoms with Crippen LogP contribution in [0.15, 0.2) is 26.0 Å². The first-order valence-electron chi connectivity index (χ1n) is 6.19. The molecule has 0 aliphatic heterocycles. The Balaban J connectivity index is 2.71. The van der Waals surface area contributed by atoms with E-state index in [2.05, 4.69) is 36.6 Å². The number of hydrogen-bond acceptors (Lipinski definition) is 5. The SMILES string of the molecule is COCCN(C)CCNS(=O)(=O)c1c(Br)cc(N)cc1Br. The summed E-state index contributed by atoms with van der Waals surface area (Å²) in [6.45, 7) is 2.25. The summed E-state index contributed by atoms with van der Waals surface area (Å²) in [5.41, 5.74) is 6.14. The van der Waals surface area contributed by atoms with Crippen molar-refractivity contribution >= 4 is 47.6 Å². The van der Waals surface area contributed by atoms with Gasteiger partial charge in [0.2, 0.25) is 10.0 Å². The van der Waals surface area contributed by atoms with E-state index >= 15 is 0 Å². The van der Waals surface area contributed by atoms with Crippen LogP contribution in [0.4, 0.5) is 5.69 Å². The van der Waals surface area contributed by atoms with Crippen LogP contribution in [0, 0.1) is 0 Å². The fourth-order valence-electron chi connectivity index (χ4n) is 1.64. The Morgan fingerprint density at radius 3 is 2.38 bits per heavy atom. The first kappa shape index (κ1) is 18.9. The van der Waals surface area contributed by atoms with Gasteiger partial charge in [-0.25, -0.2) is 13.1 Å². The van der Waals surface area contributed by atoms with Crippen LogP contribution >= 0.6 is 31.9 Å². The number of anilines is 1. The van der Waals surface area contributed by atoms with Crippen molar-refractivity contribution in [2.75, 3.05) is 46.1 Å². The molecule has 21 heavy (non-hydrogen) atoms. The highest BCUT2D eigenvalue weighted by Crippen LogP contribution is 2.32. The molecule has 1 aromatic carbocycles. The van der Waals surface area contributed by atoms with Gasteiger partial charge in [0.05, 0.1) is 6.61 Å². The molecule has 0 amide bonds. The summed E-state index contributed by atoms with van der Waals surface area (Å²) in [7, 11) is -0.0750. The van der Waals surface area contributed by atoms with Crippen molar-refractivity contribution in [1.82, 2.24) is 9.62 Å². The minimum atomic E-state index is -3.61. The molecule has 0 aromatic heterocycles. The average Bonchev–Trinajstić information content (AvgIpc) is 2.34. The Morgan fingerprint density at radius 1 is 1.29 bits per heavy atom. The monoisotopic (exact) mass is 443 g/mol. The molecule has 0 spiro atoms. The molecule has 1 rings (SSSR count). The van der Waals surface area contributed by atoms with E-state index in [1.807, 2.05) is 11.9 Å². The smallest absolute Gasteiger partial charge is 0.242 e. The number of halogens is 2. The van der Waals surface area contributed by atoms with E-state index in [0.717, 1.165) is 6.54 Å². The van der Waals surface area contributed by atoms with Crippen LogP contribution in [0.25, 0.3) is 0 Å². The number of hydrogen-bond donors (Lipinski definition) is 2. The van der Waals surface area contributed by atoms with Crippen molar-refractivity contribution in [3.63, 3.8) is 0 Å². The number of nitrogens with zero attached hydrogens (tertiary/aromatic N) is 1. The highest BCUT2D eigenvalue weighted by molar-refractivity contribution is 9.11. The van der Waals surface area contributed by atoms with Crippen molar-refractivity contribution in [3.8, 4) is 0 Å². The van der Waals surface area contributed by atoms with E-state index in [0.29, 0.717) is 34.3 Å². The number of sulfonamides is 1. The summed E-state index contributed by atoms with van der Waals surface area (Å²) >= 11 is 6.47. The van der Waals surface area contributed by atoms with Crippen LogP contribution in [0.5, 0.6) is 0 Å². The fraction of sp³-hybridized carbons (Fsp3) is 0.500. The molecule has 1 aromatic rings. The molecule has 0 fully saturated rings. The largest absolute Gasteiger partial charge is 0.399 e. The first-order chi connectivity index (χ1) is 9.77. The second-order valence-corrected chi connectivity index (χ2v) is 7.92. The van der Waals surface area contributed by atoms with Gasteiger partial charge < -0.3 is 15.4 Å². The molecule has 0 bridgehead atoms. The lowest BCUT2D eigenvalue weighted by Crippen LogP contribution is -2.34. The molecule has 0 radical (unpaired) electrons. The number of benzene rings is 1. The summed E-state index contributed by atoms with van der Waals surface area (Å²) < 4.78 is 33.0. The molecule has 0 aliphatic carbocycles. The lowest BCUT2D eigenvalue weighted by molar-refractivity contribution is 0.162. The third-order valence-corrected chi connectivity index (χ3v) is 6.09. The van der Waals surface area contributed by atoms with Crippen LogP contribution in [0.3, 0.4) is 0 Å². The predicted molar refractivity (Wildman–Crippen MR) is 90.8 cm³/mol. The molecule has 0 unspecified atom stereocenters. The summed E-state index contributed by atoms with van der Waals surface area (Å²) in [6.07, 6.45) is 0. The number of ether oxygens (including phenoxy) is 1. The Kier molecular flexibility index (Phi) is 7.58. The van der Waals surface area contributed by atoms with Gasteiger partial charge in [-0.2, -0.15) is 0 Å². The third kappa shape index (κ3) is 5.84. The molecule has 6 nitrogen and oxygen atoms in total. The maximum atomic E-state index is 12.3. The lowest BCUT2D eigenvalue weighted by atomic mass is 10.3. The van der Waals surface area contributed by atoms with Gasteiger partial charge in [0.1, 0.15) is 4.90 Å². The second kappa shape index (κ2) is 8.44. The number of methoxy groups -OCH3 is 1. The molecular weight excluding hydrogens is 426 g/mol. The van der Waals surface area contributed by atoms with Crippen LogP contribution in [0.2, 0.25) is 0 Å². The molecule has 0 saturated heterocycles. The summed E-state index contributed by atoms with van der Waals surface area (Å²) in [6, 6.07) is 3.12. The zero-order valence-electron chi connectivity index (χ0n) is 11.9. The van der Waals surface area contributed by atoms with Crippen molar-refractivity contribution in [2.24, 2.45) is 0 Å². The van der Waals surface area contributed by atoms with E-state index in [1.165, 1.54) is 0 Å². The van der Waals surface area contributed by atoms with Crippen molar-refractivity contribution in [3.05, 3.63) is 21.1 Å². The number of likely N-dealkylation sites (N-methyl/N-ethyl adjacent to an activating group) is 1. The number of nitrogens with one attached hydrogen (secondary N) is 1. The van der Waals surface area contributed by atoms with Crippen LogP contribution in [-0.2, 0) is 14.8 Å². The van der Waals surface area contributed by atoms with Crippen LogP contribution in [0.1, 0.15) is 0 Å². The standard InChI is InChI=1S/C12H19Br2N3O3S/c1-17(5-6-20-2)4-3-16-21(18,19)12-10(13)7-9(15)8-11(12)14/h7-8,16H,3-6,15H2,1-2H3. The van der Waals surface area contributed by atoms with Gasteiger partial charge in [0.15, 0.2) is 0 Å². The molecule has 0 atom stereocenters. The van der Waals surface area contributed by atoms with Crippen LogP contribution < -0.4 is 10.5 Å². The van der Waals surface area contributed by atoms with Gasteiger partial charge in [-0.1, -0.05) is 0 Å². The summed E-state index contributed by atoms with van der Waals surface area (Å²) in [5, 5.41) is 0. The lowest BCUT2D eigenvalue weighted by Gasteiger charge is -2.17. The van der Waals surface area contributed by atoms with E-state index in [1.54, 1.807) is 19.2 Å². The van der Waals surface area contributed by atoms with E-state index in [-0.39, 0.29) is 4.90 Å². The van der Waals surface area contributed by atoms with E-state index in [9.17, 15) is 8.42 Å². The second-order valence-electron chi connectivity index (χ2n) is 4.51. The molecule has 0 saturated carbocycles. The summed E-state index contributed by atoms with van der Waals surface area (Å²) in [4.78, 5) is 2.13. The van der Waals surface area contributed by atoms with Gasteiger partial charge in [-0.15, -0.1) is 0 Å². The number of rotatable bonds is 8. The molecule has 120 valence electrons. The first-order valence-corrected chi connectivity index (χ1v) is 9.26. The minimum Gasteiger partial charge on any atom is -0.399 e. The Hall–Kier alpha value is -0.190. The van der Waals surface area contributed by atoms with E-state index in [4.69, 9.17) is 10.5 Å². The van der Waals surface area contributed by atoms with Gasteiger partial charge in [0.25, 0.3) is 0 Å². The van der Waals surface area contributed by atoms with Gasteiger partial charge in [0, 0.05) is 41.4 Å². The van der Waals surface area contributed by atoms with Gasteiger partial charge in [-0.3, -0.25) is 0 Å². The maximum absolute atomic E-state index is 12.3. The average molecular weight is 445 g/mol.